The van der Waals surface area contributed by atoms with Gasteiger partial charge >= 0.3 is 0 Å². The van der Waals surface area contributed by atoms with Gasteiger partial charge in [-0.2, -0.15) is 0 Å². The summed E-state index contributed by atoms with van der Waals surface area (Å²) >= 11 is 5.75. The highest BCUT2D eigenvalue weighted by atomic mass is 35.5. The molecule has 0 saturated carbocycles. The number of carbonyl (C=O) groups excluding carboxylic acids is 1. The topological polar surface area (TPSA) is 46.3 Å². The van der Waals surface area contributed by atoms with Crippen molar-refractivity contribution in [2.75, 3.05) is 25.5 Å². The maximum atomic E-state index is 11.5. The number of nitrogens with zero attached hydrogens (tertiary/aromatic N) is 1. The summed E-state index contributed by atoms with van der Waals surface area (Å²) in [5.74, 6) is 1.26. The molecule has 0 radical (unpaired) electrons. The van der Waals surface area contributed by atoms with Crippen molar-refractivity contribution in [2.24, 2.45) is 11.7 Å². The first-order valence-corrected chi connectivity index (χ1v) is 6.35. The van der Waals surface area contributed by atoms with Gasteiger partial charge in [0, 0.05) is 25.4 Å². The van der Waals surface area contributed by atoms with E-state index in [-0.39, 0.29) is 5.91 Å². The second-order valence-corrected chi connectivity index (χ2v) is 4.58. The van der Waals surface area contributed by atoms with Gasteiger partial charge in [-0.1, -0.05) is 12.8 Å². The molecule has 1 aliphatic heterocycles. The molecule has 88 valence electrons. The first-order chi connectivity index (χ1) is 7.27. The quantitative estimate of drug-likeness (QED) is 0.535. The number of alkyl halides is 1. The number of halogens is 1. The Balaban J connectivity index is 2.08. The molecule has 0 spiro atoms. The lowest BCUT2D eigenvalue weighted by Gasteiger charge is -2.15. The number of hydrogen-bond donors (Lipinski definition) is 1. The zero-order valence-electron chi connectivity index (χ0n) is 9.25. The Morgan fingerprint density at radius 2 is 2.07 bits per heavy atom. The van der Waals surface area contributed by atoms with Crippen LogP contribution >= 0.6 is 11.6 Å². The second kappa shape index (κ2) is 7.07. The number of nitrogens with two attached hydrogens (primary N) is 1. The molecule has 3 nitrogen and oxygen atoms in total. The van der Waals surface area contributed by atoms with Crippen molar-refractivity contribution < 1.29 is 4.79 Å². The summed E-state index contributed by atoms with van der Waals surface area (Å²) in [6, 6.07) is 0. The van der Waals surface area contributed by atoms with Crippen molar-refractivity contribution in [1.29, 1.82) is 0 Å². The van der Waals surface area contributed by atoms with Crippen LogP contribution in [0.3, 0.4) is 0 Å². The fourth-order valence-electron chi connectivity index (χ4n) is 1.97. The fraction of sp³-hybridized carbons (Fsp3) is 0.909. The van der Waals surface area contributed by atoms with E-state index in [1.54, 1.807) is 0 Å². The van der Waals surface area contributed by atoms with E-state index >= 15 is 0 Å². The highest BCUT2D eigenvalue weighted by molar-refractivity contribution is 6.18. The Morgan fingerprint density at radius 3 is 2.67 bits per heavy atom. The molecular weight excluding hydrogens is 212 g/mol. The molecule has 1 unspecified atom stereocenters. The normalized spacial score (nSPS) is 21.3. The Morgan fingerprint density at radius 1 is 1.33 bits per heavy atom. The maximum Gasteiger partial charge on any atom is 0.222 e. The van der Waals surface area contributed by atoms with E-state index < -0.39 is 0 Å². The van der Waals surface area contributed by atoms with Gasteiger partial charge in [-0.05, 0) is 25.3 Å². The molecule has 1 amide bonds. The van der Waals surface area contributed by atoms with Gasteiger partial charge in [0.1, 0.15) is 0 Å². The summed E-state index contributed by atoms with van der Waals surface area (Å²) in [7, 11) is 0. The van der Waals surface area contributed by atoms with Crippen LogP contribution in [-0.4, -0.2) is 36.3 Å². The molecule has 1 aliphatic rings. The Labute approximate surface area is 96.9 Å². The minimum Gasteiger partial charge on any atom is -0.342 e. The molecule has 4 heteroatoms. The smallest absolute Gasteiger partial charge is 0.222 e. The second-order valence-electron chi connectivity index (χ2n) is 4.27. The van der Waals surface area contributed by atoms with Crippen LogP contribution in [0, 0.1) is 5.92 Å². The predicted octanol–water partition coefficient (Wildman–Crippen LogP) is 1.59. The van der Waals surface area contributed by atoms with Crippen molar-refractivity contribution in [3.8, 4) is 0 Å². The summed E-state index contributed by atoms with van der Waals surface area (Å²) in [4.78, 5) is 13.5. The largest absolute Gasteiger partial charge is 0.342 e. The minimum atomic E-state index is 0.277. The molecule has 0 aliphatic carbocycles. The number of unbranched alkanes of at least 4 members (excludes halogenated alkanes) is 3. The lowest BCUT2D eigenvalue weighted by molar-refractivity contribution is -0.127. The van der Waals surface area contributed by atoms with Gasteiger partial charge in [-0.15, -0.1) is 11.6 Å². The first kappa shape index (κ1) is 12.8. The van der Waals surface area contributed by atoms with Crippen LogP contribution in [0.5, 0.6) is 0 Å². The number of likely N-dealkylation sites (tertiary alicyclic amines) is 1. The monoisotopic (exact) mass is 232 g/mol. The predicted molar refractivity (Wildman–Crippen MR) is 62.9 cm³/mol. The summed E-state index contributed by atoms with van der Waals surface area (Å²) in [6.45, 7) is 2.53. The standard InChI is InChI=1S/C11H21ClN2O/c12-8-10-7-11(15)14(9-10)6-4-2-1-3-5-13/h10H,1-9,13H2. The first-order valence-electron chi connectivity index (χ1n) is 5.81. The molecule has 1 rings (SSSR count). The third-order valence-corrected chi connectivity index (χ3v) is 3.33. The van der Waals surface area contributed by atoms with E-state index in [0.717, 1.165) is 32.5 Å². The minimum absolute atomic E-state index is 0.277. The highest BCUT2D eigenvalue weighted by Gasteiger charge is 2.27. The van der Waals surface area contributed by atoms with Crippen LogP contribution < -0.4 is 5.73 Å². The van der Waals surface area contributed by atoms with E-state index in [2.05, 4.69) is 0 Å². The molecule has 15 heavy (non-hydrogen) atoms. The Bertz CT molecular complexity index is 199. The van der Waals surface area contributed by atoms with Crippen molar-refractivity contribution in [1.82, 2.24) is 4.90 Å². The number of rotatable bonds is 7. The van der Waals surface area contributed by atoms with Crippen molar-refractivity contribution >= 4 is 17.5 Å². The highest BCUT2D eigenvalue weighted by Crippen LogP contribution is 2.19. The molecule has 1 fully saturated rings. The third kappa shape index (κ3) is 4.39. The average molecular weight is 233 g/mol. The summed E-state index contributed by atoms with van der Waals surface area (Å²) in [5, 5.41) is 0. The van der Waals surface area contributed by atoms with Gasteiger partial charge in [0.05, 0.1) is 0 Å². The summed E-state index contributed by atoms with van der Waals surface area (Å²) < 4.78 is 0. The zero-order valence-corrected chi connectivity index (χ0v) is 10.0. The van der Waals surface area contributed by atoms with Gasteiger partial charge in [-0.3, -0.25) is 4.79 Å². The summed E-state index contributed by atoms with van der Waals surface area (Å²) in [5.41, 5.74) is 5.41. The third-order valence-electron chi connectivity index (χ3n) is 2.89. The van der Waals surface area contributed by atoms with Gasteiger partial charge in [0.25, 0.3) is 0 Å². The lowest BCUT2D eigenvalue weighted by Crippen LogP contribution is -2.26. The number of carbonyl (C=O) groups is 1. The molecule has 1 saturated heterocycles. The summed E-state index contributed by atoms with van der Waals surface area (Å²) in [6.07, 6.45) is 5.19. The average Bonchev–Trinajstić information content (AvgIpc) is 2.59. The van der Waals surface area contributed by atoms with E-state index in [1.165, 1.54) is 12.8 Å². The number of hydrogen-bond acceptors (Lipinski definition) is 2. The van der Waals surface area contributed by atoms with E-state index in [0.29, 0.717) is 18.2 Å². The molecule has 1 heterocycles. The Hall–Kier alpha value is -0.280. The van der Waals surface area contributed by atoms with Crippen molar-refractivity contribution in [3.05, 3.63) is 0 Å². The Kier molecular flexibility index (Phi) is 6.03. The van der Waals surface area contributed by atoms with Crippen molar-refractivity contribution in [3.63, 3.8) is 0 Å². The van der Waals surface area contributed by atoms with E-state index in [9.17, 15) is 4.79 Å². The van der Waals surface area contributed by atoms with Gasteiger partial charge in [0.2, 0.25) is 5.91 Å². The molecule has 2 N–H and O–H groups in total. The van der Waals surface area contributed by atoms with Gasteiger partial charge in [-0.25, -0.2) is 0 Å². The molecule has 0 bridgehead atoms. The maximum absolute atomic E-state index is 11.5. The molecule has 0 aromatic carbocycles. The fourth-order valence-corrected chi connectivity index (χ4v) is 2.18. The molecular formula is C11H21ClN2O. The van der Waals surface area contributed by atoms with Crippen LogP contribution in [0.1, 0.15) is 32.1 Å². The molecule has 0 aromatic heterocycles. The zero-order chi connectivity index (χ0) is 11.1. The van der Waals surface area contributed by atoms with E-state index in [4.69, 9.17) is 17.3 Å². The van der Waals surface area contributed by atoms with Crippen molar-refractivity contribution in [2.45, 2.75) is 32.1 Å². The molecule has 1 atom stereocenters. The van der Waals surface area contributed by atoms with Crippen LogP contribution in [0.15, 0.2) is 0 Å². The van der Waals surface area contributed by atoms with Gasteiger partial charge in [0.15, 0.2) is 0 Å². The van der Waals surface area contributed by atoms with Crippen LogP contribution in [0.25, 0.3) is 0 Å². The van der Waals surface area contributed by atoms with Crippen LogP contribution in [-0.2, 0) is 4.79 Å². The van der Waals surface area contributed by atoms with Gasteiger partial charge < -0.3 is 10.6 Å². The SMILES string of the molecule is NCCCCCCN1CC(CCl)CC1=O. The van der Waals surface area contributed by atoms with E-state index in [1.807, 2.05) is 4.90 Å². The van der Waals surface area contributed by atoms with Crippen LogP contribution in [0.2, 0.25) is 0 Å². The molecule has 0 aromatic rings. The lowest BCUT2D eigenvalue weighted by atomic mass is 10.1. The number of amides is 1. The van der Waals surface area contributed by atoms with Crippen LogP contribution in [0.4, 0.5) is 0 Å².